The van der Waals surface area contributed by atoms with E-state index in [2.05, 4.69) is 77.8 Å². The van der Waals surface area contributed by atoms with Crippen LogP contribution in [0.15, 0.2) is 85.1 Å². The van der Waals surface area contributed by atoms with E-state index in [1.807, 2.05) is 12.3 Å². The van der Waals surface area contributed by atoms with E-state index < -0.39 is 0 Å². The first-order valence-electron chi connectivity index (χ1n) is 14.3. The van der Waals surface area contributed by atoms with Crippen molar-refractivity contribution in [3.63, 3.8) is 0 Å². The number of fused-ring (bicyclic) bond motifs is 1. The van der Waals surface area contributed by atoms with Crippen LogP contribution >= 0.6 is 0 Å². The highest BCUT2D eigenvalue weighted by atomic mass is 14.7. The molecule has 7 fully saturated rings. The zero-order valence-corrected chi connectivity index (χ0v) is 20.8. The highest BCUT2D eigenvalue weighted by Crippen LogP contribution is 2.76. The molecule has 3 aromatic carbocycles. The van der Waals surface area contributed by atoms with Crippen LogP contribution < -0.4 is 0 Å². The molecule has 7 aliphatic carbocycles. The lowest BCUT2D eigenvalue weighted by molar-refractivity contribution is -0.220. The van der Waals surface area contributed by atoms with Gasteiger partial charge < -0.3 is 0 Å². The third-order valence-electron chi connectivity index (χ3n) is 11.6. The Balaban J connectivity index is 1.04. The SMILES string of the molecule is c1ccc2ncc(-c3ccc(-c4ccc(C56CC7CC8C9CC(CC85)CC6C9C7)cc4)cc3)cc2c1. The molecule has 36 heavy (non-hydrogen) atoms. The van der Waals surface area contributed by atoms with Crippen LogP contribution in [-0.2, 0) is 5.41 Å². The number of hydrogen-bond donors (Lipinski definition) is 0. The molecule has 0 N–H and O–H groups in total. The highest BCUT2D eigenvalue weighted by molar-refractivity contribution is 5.83. The van der Waals surface area contributed by atoms with E-state index in [-0.39, 0.29) is 0 Å². The molecule has 7 aliphatic rings. The molecule has 1 heteroatoms. The lowest BCUT2D eigenvalue weighted by atomic mass is 9.30. The number of benzene rings is 3. The summed E-state index contributed by atoms with van der Waals surface area (Å²) in [5.41, 5.74) is 8.33. The molecule has 0 spiro atoms. The van der Waals surface area contributed by atoms with E-state index in [0.29, 0.717) is 5.41 Å². The van der Waals surface area contributed by atoms with Gasteiger partial charge in [0, 0.05) is 22.6 Å². The topological polar surface area (TPSA) is 12.9 Å². The Bertz CT molecular complexity index is 1460. The van der Waals surface area contributed by atoms with Gasteiger partial charge in [-0.15, -0.1) is 0 Å². The van der Waals surface area contributed by atoms with Gasteiger partial charge in [-0.3, -0.25) is 4.98 Å². The van der Waals surface area contributed by atoms with Crippen molar-refractivity contribution in [3.05, 3.63) is 90.6 Å². The third kappa shape index (κ3) is 2.59. The first-order valence-corrected chi connectivity index (χ1v) is 14.3. The highest BCUT2D eigenvalue weighted by Gasteiger charge is 2.70. The van der Waals surface area contributed by atoms with Crippen LogP contribution in [-0.4, -0.2) is 4.98 Å². The van der Waals surface area contributed by atoms with Crippen LogP contribution in [0.25, 0.3) is 33.2 Å². The first-order chi connectivity index (χ1) is 17.8. The maximum Gasteiger partial charge on any atom is 0.0702 e. The number of nitrogens with zero attached hydrogens (tertiary/aromatic N) is 1. The molecule has 178 valence electrons. The molecule has 0 amide bonds. The molecule has 1 nitrogen and oxygen atoms in total. The number of pyridine rings is 1. The van der Waals surface area contributed by atoms with Crippen LogP contribution in [0.1, 0.15) is 44.1 Å². The Hall–Kier alpha value is -2.93. The molecule has 11 rings (SSSR count). The van der Waals surface area contributed by atoms with Crippen molar-refractivity contribution in [2.24, 2.45) is 41.4 Å². The standard InChI is InChI=1S/C35H33N/c1-2-4-34-26(3-1)18-27(20-36-34)25-7-5-23(6-8-25)24-9-11-28(12-10-24)35-19-22-14-30-29-13-21(16-32(30)35)17-33(35)31(29)15-22/h1-12,18,20-22,29-33H,13-17,19H2. The van der Waals surface area contributed by atoms with Gasteiger partial charge in [-0.2, -0.15) is 0 Å². The summed E-state index contributed by atoms with van der Waals surface area (Å²) >= 11 is 0. The summed E-state index contributed by atoms with van der Waals surface area (Å²) in [5, 5.41) is 1.20. The Morgan fingerprint density at radius 2 is 1.19 bits per heavy atom. The van der Waals surface area contributed by atoms with Gasteiger partial charge in [0.05, 0.1) is 5.52 Å². The zero-order valence-electron chi connectivity index (χ0n) is 20.8. The Labute approximate surface area is 214 Å². The molecule has 1 aromatic heterocycles. The van der Waals surface area contributed by atoms with Gasteiger partial charge in [0.2, 0.25) is 0 Å². The molecular formula is C35H33N. The Morgan fingerprint density at radius 3 is 1.92 bits per heavy atom. The molecule has 0 radical (unpaired) electrons. The van der Waals surface area contributed by atoms with E-state index in [0.717, 1.165) is 46.9 Å². The van der Waals surface area contributed by atoms with E-state index in [9.17, 15) is 0 Å². The maximum absolute atomic E-state index is 4.66. The lowest BCUT2D eigenvalue weighted by Gasteiger charge is -2.74. The van der Waals surface area contributed by atoms with Gasteiger partial charge in [0.1, 0.15) is 0 Å². The second-order valence-electron chi connectivity index (χ2n) is 12.9. The fourth-order valence-corrected chi connectivity index (χ4v) is 10.6. The fourth-order valence-electron chi connectivity index (χ4n) is 10.6. The van der Waals surface area contributed by atoms with Gasteiger partial charge in [-0.1, -0.05) is 66.7 Å². The van der Waals surface area contributed by atoms with Crippen molar-refractivity contribution in [2.75, 3.05) is 0 Å². The Morgan fingerprint density at radius 1 is 0.583 bits per heavy atom. The minimum absolute atomic E-state index is 0.509. The molecular weight excluding hydrogens is 434 g/mol. The normalized spacial score (nSPS) is 37.2. The molecule has 0 saturated heterocycles. The van der Waals surface area contributed by atoms with Crippen molar-refractivity contribution < 1.29 is 0 Å². The van der Waals surface area contributed by atoms with Crippen molar-refractivity contribution >= 4 is 10.9 Å². The molecule has 1 heterocycles. The summed E-state index contributed by atoms with van der Waals surface area (Å²) in [6, 6.07) is 29.6. The first kappa shape index (κ1) is 20.2. The second kappa shape index (κ2) is 7.09. The summed E-state index contributed by atoms with van der Waals surface area (Å²) in [6.45, 7) is 0. The predicted molar refractivity (Wildman–Crippen MR) is 146 cm³/mol. The molecule has 0 aliphatic heterocycles. The summed E-state index contributed by atoms with van der Waals surface area (Å²) in [5.74, 6) is 7.21. The van der Waals surface area contributed by atoms with Gasteiger partial charge in [-0.25, -0.2) is 0 Å². The average molecular weight is 468 g/mol. The minimum atomic E-state index is 0.509. The zero-order chi connectivity index (χ0) is 23.4. The van der Waals surface area contributed by atoms with Crippen molar-refractivity contribution in [3.8, 4) is 22.3 Å². The third-order valence-corrected chi connectivity index (χ3v) is 11.6. The maximum atomic E-state index is 4.66. The van der Waals surface area contributed by atoms with Crippen molar-refractivity contribution in [2.45, 2.75) is 43.9 Å². The molecule has 8 bridgehead atoms. The van der Waals surface area contributed by atoms with Crippen LogP contribution in [0.5, 0.6) is 0 Å². The van der Waals surface area contributed by atoms with E-state index in [4.69, 9.17) is 0 Å². The number of para-hydroxylation sites is 1. The van der Waals surface area contributed by atoms with E-state index >= 15 is 0 Å². The largest absolute Gasteiger partial charge is 0.256 e. The molecule has 4 unspecified atom stereocenters. The van der Waals surface area contributed by atoms with Crippen LogP contribution in [0.2, 0.25) is 0 Å². The summed E-state index contributed by atoms with van der Waals surface area (Å²) in [4.78, 5) is 4.66. The number of aromatic nitrogens is 1. The summed E-state index contributed by atoms with van der Waals surface area (Å²) in [6.07, 6.45) is 11.2. The van der Waals surface area contributed by atoms with E-state index in [1.165, 1.54) is 46.9 Å². The molecule has 7 saturated carbocycles. The van der Waals surface area contributed by atoms with Crippen molar-refractivity contribution in [1.29, 1.82) is 0 Å². The van der Waals surface area contributed by atoms with Gasteiger partial charge in [0.15, 0.2) is 0 Å². The summed E-state index contributed by atoms with van der Waals surface area (Å²) < 4.78 is 0. The van der Waals surface area contributed by atoms with Crippen LogP contribution in [0.3, 0.4) is 0 Å². The van der Waals surface area contributed by atoms with Crippen LogP contribution in [0.4, 0.5) is 0 Å². The smallest absolute Gasteiger partial charge is 0.0702 e. The van der Waals surface area contributed by atoms with Gasteiger partial charge in [-0.05, 0) is 114 Å². The predicted octanol–water partition coefficient (Wildman–Crippen LogP) is 8.53. The molecule has 4 atom stereocenters. The van der Waals surface area contributed by atoms with Crippen molar-refractivity contribution in [1.82, 2.24) is 4.98 Å². The van der Waals surface area contributed by atoms with E-state index in [1.54, 1.807) is 24.8 Å². The Kier molecular flexibility index (Phi) is 3.97. The lowest BCUT2D eigenvalue weighted by Crippen LogP contribution is -2.69. The number of hydrogen-bond acceptors (Lipinski definition) is 1. The fraction of sp³-hybridized carbons (Fsp3) is 0.400. The average Bonchev–Trinajstić information content (AvgIpc) is 2.95. The second-order valence-corrected chi connectivity index (χ2v) is 12.9. The van der Waals surface area contributed by atoms with Gasteiger partial charge in [0.25, 0.3) is 0 Å². The summed E-state index contributed by atoms with van der Waals surface area (Å²) in [7, 11) is 0. The molecule has 4 aromatic rings. The van der Waals surface area contributed by atoms with Crippen LogP contribution in [0, 0.1) is 41.4 Å². The monoisotopic (exact) mass is 467 g/mol. The van der Waals surface area contributed by atoms with Gasteiger partial charge >= 0.3 is 0 Å². The quantitative estimate of drug-likeness (QED) is 0.294. The number of rotatable bonds is 3. The minimum Gasteiger partial charge on any atom is -0.256 e.